The summed E-state index contributed by atoms with van der Waals surface area (Å²) < 4.78 is 0. The number of hydrogen-bond donors (Lipinski definition) is 1. The summed E-state index contributed by atoms with van der Waals surface area (Å²) >= 11 is 0. The Balaban J connectivity index is 0.000000117. The Morgan fingerprint density at radius 3 is 2.47 bits per heavy atom. The Morgan fingerprint density at radius 1 is 0.789 bits per heavy atom. The highest BCUT2D eigenvalue weighted by Gasteiger charge is 1.90. The van der Waals surface area contributed by atoms with E-state index in [-0.39, 0.29) is 0 Å². The minimum Gasteiger partial charge on any atom is -0.264 e. The first kappa shape index (κ1) is 11.3. The number of hydrogen-bond acceptors (Lipinski definition) is 4. The predicted molar refractivity (Wildman–Crippen MR) is 73.4 cm³/mol. The summed E-state index contributed by atoms with van der Waals surface area (Å²) in [4.78, 5) is 12.1. The van der Waals surface area contributed by atoms with E-state index in [4.69, 9.17) is 0 Å². The van der Waals surface area contributed by atoms with Crippen molar-refractivity contribution in [3.63, 3.8) is 0 Å². The fourth-order valence-corrected chi connectivity index (χ4v) is 1.69. The molecule has 5 nitrogen and oxygen atoms in total. The smallest absolute Gasteiger partial charge is 0.155 e. The Labute approximate surface area is 109 Å². The molecular formula is C14H11N5. The summed E-state index contributed by atoms with van der Waals surface area (Å²) in [5, 5.41) is 8.71. The lowest BCUT2D eigenvalue weighted by Gasteiger charge is -1.90. The summed E-state index contributed by atoms with van der Waals surface area (Å²) in [7, 11) is 0. The van der Waals surface area contributed by atoms with E-state index in [0.717, 1.165) is 21.9 Å². The predicted octanol–water partition coefficient (Wildman–Crippen LogP) is 2.59. The first-order valence-electron chi connectivity index (χ1n) is 5.82. The van der Waals surface area contributed by atoms with Crippen molar-refractivity contribution in [3.05, 3.63) is 61.3 Å². The molecule has 4 heterocycles. The number of rotatable bonds is 0. The van der Waals surface area contributed by atoms with E-state index in [2.05, 4.69) is 25.1 Å². The van der Waals surface area contributed by atoms with Gasteiger partial charge in [-0.05, 0) is 30.3 Å². The minimum absolute atomic E-state index is 0.845. The van der Waals surface area contributed by atoms with Crippen molar-refractivity contribution in [2.24, 2.45) is 0 Å². The number of fused-ring (bicyclic) bond motifs is 2. The quantitative estimate of drug-likeness (QED) is 0.520. The second-order valence-corrected chi connectivity index (χ2v) is 3.88. The van der Waals surface area contributed by atoms with Crippen LogP contribution < -0.4 is 0 Å². The molecule has 0 aromatic carbocycles. The summed E-state index contributed by atoms with van der Waals surface area (Å²) in [6, 6.07) is 9.65. The lowest BCUT2D eigenvalue weighted by molar-refractivity contribution is 1.10. The van der Waals surface area contributed by atoms with Gasteiger partial charge in [-0.2, -0.15) is 5.10 Å². The van der Waals surface area contributed by atoms with E-state index in [1.807, 2.05) is 36.5 Å². The Morgan fingerprint density at radius 2 is 1.63 bits per heavy atom. The number of nitrogens with one attached hydrogen (secondary N) is 1. The van der Waals surface area contributed by atoms with Crippen LogP contribution in [0.4, 0.5) is 0 Å². The molecule has 0 aliphatic carbocycles. The molecule has 0 atom stereocenters. The second-order valence-electron chi connectivity index (χ2n) is 3.88. The third-order valence-electron chi connectivity index (χ3n) is 2.62. The highest BCUT2D eigenvalue weighted by atomic mass is 15.1. The van der Waals surface area contributed by atoms with Gasteiger partial charge in [0.2, 0.25) is 0 Å². The van der Waals surface area contributed by atoms with Crippen LogP contribution in [0.5, 0.6) is 0 Å². The summed E-state index contributed by atoms with van der Waals surface area (Å²) in [6.45, 7) is 0. The van der Waals surface area contributed by atoms with Crippen molar-refractivity contribution in [3.8, 4) is 0 Å². The highest BCUT2D eigenvalue weighted by Crippen LogP contribution is 2.06. The van der Waals surface area contributed by atoms with Crippen molar-refractivity contribution < 1.29 is 0 Å². The molecule has 0 bridgehead atoms. The Kier molecular flexibility index (Phi) is 3.10. The van der Waals surface area contributed by atoms with Gasteiger partial charge in [0.1, 0.15) is 0 Å². The van der Waals surface area contributed by atoms with E-state index in [1.165, 1.54) is 0 Å². The van der Waals surface area contributed by atoms with E-state index in [0.29, 0.717) is 0 Å². The van der Waals surface area contributed by atoms with Gasteiger partial charge in [0.05, 0.1) is 11.7 Å². The molecule has 92 valence electrons. The first-order valence-corrected chi connectivity index (χ1v) is 5.82. The molecule has 19 heavy (non-hydrogen) atoms. The number of nitrogens with zero attached hydrogens (tertiary/aromatic N) is 4. The third-order valence-corrected chi connectivity index (χ3v) is 2.62. The fourth-order valence-electron chi connectivity index (χ4n) is 1.69. The SMILES string of the molecule is c1cnc2[nH]ncc2c1.c1cnc2ccncc2c1. The zero-order chi connectivity index (χ0) is 12.9. The van der Waals surface area contributed by atoms with Crippen LogP contribution in [0, 0.1) is 0 Å². The van der Waals surface area contributed by atoms with Gasteiger partial charge in [-0.3, -0.25) is 15.1 Å². The van der Waals surface area contributed by atoms with Gasteiger partial charge in [0, 0.05) is 35.6 Å². The minimum atomic E-state index is 0.845. The lowest BCUT2D eigenvalue weighted by atomic mass is 10.3. The summed E-state index contributed by atoms with van der Waals surface area (Å²) in [5.74, 6) is 0. The third kappa shape index (κ3) is 2.55. The molecule has 0 aliphatic rings. The molecule has 0 saturated heterocycles. The molecule has 0 saturated carbocycles. The maximum absolute atomic E-state index is 4.14. The van der Waals surface area contributed by atoms with Crippen molar-refractivity contribution in [2.75, 3.05) is 0 Å². The average Bonchev–Trinajstić information content (AvgIpc) is 2.96. The fraction of sp³-hybridized carbons (Fsp3) is 0. The zero-order valence-corrected chi connectivity index (χ0v) is 10.1. The molecule has 0 aliphatic heterocycles. The van der Waals surface area contributed by atoms with E-state index in [1.54, 1.807) is 24.8 Å². The Bertz CT molecular complexity index is 698. The van der Waals surface area contributed by atoms with E-state index >= 15 is 0 Å². The van der Waals surface area contributed by atoms with Crippen LogP contribution in [0.1, 0.15) is 0 Å². The van der Waals surface area contributed by atoms with Gasteiger partial charge >= 0.3 is 0 Å². The van der Waals surface area contributed by atoms with Gasteiger partial charge in [0.25, 0.3) is 0 Å². The maximum atomic E-state index is 4.14. The van der Waals surface area contributed by atoms with Crippen LogP contribution in [0.2, 0.25) is 0 Å². The lowest BCUT2D eigenvalue weighted by Crippen LogP contribution is -1.76. The number of aromatic nitrogens is 5. The van der Waals surface area contributed by atoms with Crippen LogP contribution in [-0.4, -0.2) is 25.1 Å². The molecule has 0 fully saturated rings. The molecule has 4 aromatic rings. The first-order chi connectivity index (χ1) is 9.43. The normalized spacial score (nSPS) is 10.1. The van der Waals surface area contributed by atoms with Gasteiger partial charge in [-0.25, -0.2) is 4.98 Å². The monoisotopic (exact) mass is 249 g/mol. The van der Waals surface area contributed by atoms with Gasteiger partial charge in [-0.1, -0.05) is 0 Å². The molecular weight excluding hydrogens is 238 g/mol. The van der Waals surface area contributed by atoms with Crippen LogP contribution in [0.25, 0.3) is 21.9 Å². The van der Waals surface area contributed by atoms with Crippen LogP contribution >= 0.6 is 0 Å². The van der Waals surface area contributed by atoms with Gasteiger partial charge in [0.15, 0.2) is 5.65 Å². The van der Waals surface area contributed by atoms with E-state index in [9.17, 15) is 0 Å². The van der Waals surface area contributed by atoms with E-state index < -0.39 is 0 Å². The van der Waals surface area contributed by atoms with Crippen molar-refractivity contribution in [2.45, 2.75) is 0 Å². The van der Waals surface area contributed by atoms with Gasteiger partial charge < -0.3 is 0 Å². The molecule has 0 unspecified atom stereocenters. The summed E-state index contributed by atoms with van der Waals surface area (Å²) in [6.07, 6.45) is 8.82. The molecule has 1 N–H and O–H groups in total. The summed E-state index contributed by atoms with van der Waals surface area (Å²) in [5.41, 5.74) is 1.84. The average molecular weight is 249 g/mol. The van der Waals surface area contributed by atoms with Crippen molar-refractivity contribution in [1.82, 2.24) is 25.1 Å². The van der Waals surface area contributed by atoms with Gasteiger partial charge in [-0.15, -0.1) is 0 Å². The van der Waals surface area contributed by atoms with Crippen LogP contribution in [0.15, 0.2) is 61.3 Å². The standard InChI is InChI=1S/C8H6N2.C6H5N3/c1-2-7-6-9-5-3-8(7)10-4-1;1-2-5-4-8-9-6(5)7-3-1/h1-6H;1-4H,(H,7,8,9). The molecule has 0 radical (unpaired) electrons. The topological polar surface area (TPSA) is 67.3 Å². The second kappa shape index (κ2) is 5.22. The Hall–Kier alpha value is -2.82. The van der Waals surface area contributed by atoms with Crippen molar-refractivity contribution in [1.29, 1.82) is 0 Å². The zero-order valence-electron chi connectivity index (χ0n) is 10.1. The maximum Gasteiger partial charge on any atom is 0.155 e. The van der Waals surface area contributed by atoms with Crippen LogP contribution in [0.3, 0.4) is 0 Å². The molecule has 0 spiro atoms. The molecule has 4 aromatic heterocycles. The largest absolute Gasteiger partial charge is 0.264 e. The number of aromatic amines is 1. The molecule has 5 heteroatoms. The molecule has 4 rings (SSSR count). The number of pyridine rings is 3. The van der Waals surface area contributed by atoms with Crippen LogP contribution in [-0.2, 0) is 0 Å². The number of H-pyrrole nitrogens is 1. The molecule has 0 amide bonds. The van der Waals surface area contributed by atoms with Crippen molar-refractivity contribution >= 4 is 21.9 Å². The highest BCUT2D eigenvalue weighted by molar-refractivity contribution is 5.76.